The third-order valence-electron chi connectivity index (χ3n) is 2.03. The van der Waals surface area contributed by atoms with Gasteiger partial charge in [0.1, 0.15) is 0 Å². The van der Waals surface area contributed by atoms with Gasteiger partial charge in [-0.1, -0.05) is 43.5 Å². The molecule has 0 atom stereocenters. The quantitative estimate of drug-likeness (QED) is 0.697. The fourth-order valence-electron chi connectivity index (χ4n) is 1.34. The van der Waals surface area contributed by atoms with Gasteiger partial charge in [-0.3, -0.25) is 0 Å². The van der Waals surface area contributed by atoms with Gasteiger partial charge >= 0.3 is 0 Å². The Morgan fingerprint density at radius 2 is 2.21 bits per heavy atom. The van der Waals surface area contributed by atoms with Crippen molar-refractivity contribution in [3.05, 3.63) is 46.9 Å². The van der Waals surface area contributed by atoms with E-state index in [0.717, 1.165) is 17.0 Å². The molecule has 0 radical (unpaired) electrons. The van der Waals surface area contributed by atoms with Gasteiger partial charge in [-0.05, 0) is 22.9 Å². The van der Waals surface area contributed by atoms with E-state index in [2.05, 4.69) is 19.2 Å². The van der Waals surface area contributed by atoms with E-state index in [-0.39, 0.29) is 0 Å². The fourth-order valence-corrected chi connectivity index (χ4v) is 1.34. The van der Waals surface area contributed by atoms with Crippen LogP contribution >= 0.6 is 0 Å². The SMILES string of the molecule is C=C/C=c1/c(COCC)cccc1=C. The van der Waals surface area contributed by atoms with Crippen LogP contribution in [0.3, 0.4) is 0 Å². The molecule has 0 aromatic heterocycles. The molecule has 0 fully saturated rings. The Labute approximate surface area is 85.0 Å². The number of ether oxygens (including phenoxy) is 1. The molecule has 74 valence electrons. The van der Waals surface area contributed by atoms with Gasteiger partial charge in [-0.15, -0.1) is 0 Å². The first kappa shape index (κ1) is 10.7. The van der Waals surface area contributed by atoms with E-state index in [0.29, 0.717) is 6.61 Å². The molecule has 0 spiro atoms. The number of benzene rings is 1. The number of hydrogen-bond acceptors (Lipinski definition) is 1. The van der Waals surface area contributed by atoms with Crippen LogP contribution in [0.1, 0.15) is 12.5 Å². The molecular weight excluding hydrogens is 172 g/mol. The monoisotopic (exact) mass is 188 g/mol. The van der Waals surface area contributed by atoms with Crippen molar-refractivity contribution in [3.8, 4) is 0 Å². The molecule has 0 unspecified atom stereocenters. The second-order valence-electron chi connectivity index (χ2n) is 3.03. The summed E-state index contributed by atoms with van der Waals surface area (Å²) in [5.74, 6) is 0. The predicted molar refractivity (Wildman–Crippen MR) is 61.2 cm³/mol. The highest BCUT2D eigenvalue weighted by molar-refractivity contribution is 5.39. The van der Waals surface area contributed by atoms with E-state index < -0.39 is 0 Å². The van der Waals surface area contributed by atoms with Crippen LogP contribution < -0.4 is 10.4 Å². The Balaban J connectivity index is 3.15. The van der Waals surface area contributed by atoms with Crippen molar-refractivity contribution in [3.63, 3.8) is 0 Å². The lowest BCUT2D eigenvalue weighted by molar-refractivity contribution is 0.133. The maximum atomic E-state index is 5.38. The third-order valence-corrected chi connectivity index (χ3v) is 2.03. The summed E-state index contributed by atoms with van der Waals surface area (Å²) in [6.45, 7) is 11.0. The van der Waals surface area contributed by atoms with Gasteiger partial charge in [-0.2, -0.15) is 0 Å². The molecule has 14 heavy (non-hydrogen) atoms. The molecule has 0 N–H and O–H groups in total. The van der Waals surface area contributed by atoms with Crippen molar-refractivity contribution < 1.29 is 4.74 Å². The van der Waals surface area contributed by atoms with Crippen LogP contribution in [-0.4, -0.2) is 6.61 Å². The fraction of sp³-hybridized carbons (Fsp3) is 0.231. The van der Waals surface area contributed by atoms with Gasteiger partial charge in [-0.25, -0.2) is 0 Å². The lowest BCUT2D eigenvalue weighted by atomic mass is 10.1. The van der Waals surface area contributed by atoms with E-state index in [4.69, 9.17) is 4.74 Å². The molecule has 1 rings (SSSR count). The van der Waals surface area contributed by atoms with E-state index in [1.54, 1.807) is 6.08 Å². The standard InChI is InChI=1S/C13H16O/c1-4-7-13-11(3)8-6-9-12(13)10-14-5-2/h4,6-9H,1,3,5,10H2,2H3/b13-7+. The average Bonchev–Trinajstić information content (AvgIpc) is 2.19. The van der Waals surface area contributed by atoms with E-state index >= 15 is 0 Å². The smallest absolute Gasteiger partial charge is 0.0722 e. The molecule has 0 heterocycles. The Kier molecular flexibility index (Phi) is 4.14. The van der Waals surface area contributed by atoms with Gasteiger partial charge in [0, 0.05) is 6.61 Å². The Hall–Kier alpha value is -1.34. The van der Waals surface area contributed by atoms with Crippen LogP contribution in [0.25, 0.3) is 12.7 Å². The van der Waals surface area contributed by atoms with Crippen LogP contribution in [0, 0.1) is 0 Å². The molecule has 0 aliphatic carbocycles. The van der Waals surface area contributed by atoms with Gasteiger partial charge in [0.05, 0.1) is 6.61 Å². The molecule has 0 amide bonds. The summed E-state index contributed by atoms with van der Waals surface area (Å²) >= 11 is 0. The largest absolute Gasteiger partial charge is 0.377 e. The molecule has 1 aromatic carbocycles. The molecule has 0 aliphatic heterocycles. The van der Waals surface area contributed by atoms with Crippen molar-refractivity contribution in [2.24, 2.45) is 0 Å². The third kappa shape index (κ3) is 2.57. The van der Waals surface area contributed by atoms with Gasteiger partial charge < -0.3 is 4.74 Å². The molecule has 0 saturated heterocycles. The molecular formula is C13H16O. The van der Waals surface area contributed by atoms with Crippen LogP contribution in [0.5, 0.6) is 0 Å². The summed E-state index contributed by atoms with van der Waals surface area (Å²) in [7, 11) is 0. The first-order valence-electron chi connectivity index (χ1n) is 4.77. The maximum Gasteiger partial charge on any atom is 0.0722 e. The number of allylic oxidation sites excluding steroid dienone is 1. The Morgan fingerprint density at radius 3 is 2.86 bits per heavy atom. The predicted octanol–water partition coefficient (Wildman–Crippen LogP) is 1.60. The molecule has 0 aliphatic rings. The van der Waals surface area contributed by atoms with Crippen molar-refractivity contribution in [1.29, 1.82) is 0 Å². The van der Waals surface area contributed by atoms with Crippen LogP contribution in [0.15, 0.2) is 30.9 Å². The Morgan fingerprint density at radius 1 is 1.43 bits per heavy atom. The molecule has 0 saturated carbocycles. The Bertz CT molecular complexity index is 404. The average molecular weight is 188 g/mol. The zero-order valence-electron chi connectivity index (χ0n) is 8.62. The van der Waals surface area contributed by atoms with Crippen molar-refractivity contribution in [2.75, 3.05) is 6.61 Å². The van der Waals surface area contributed by atoms with E-state index in [9.17, 15) is 0 Å². The molecule has 1 nitrogen and oxygen atoms in total. The molecule has 1 heteroatoms. The van der Waals surface area contributed by atoms with Crippen molar-refractivity contribution in [2.45, 2.75) is 13.5 Å². The lowest BCUT2D eigenvalue weighted by Gasteiger charge is -2.02. The highest BCUT2D eigenvalue weighted by Crippen LogP contribution is 1.92. The van der Waals surface area contributed by atoms with E-state index in [1.165, 1.54) is 5.56 Å². The summed E-state index contributed by atoms with van der Waals surface area (Å²) in [6, 6.07) is 6.04. The first-order valence-corrected chi connectivity index (χ1v) is 4.77. The molecule has 1 aromatic rings. The summed E-state index contributed by atoms with van der Waals surface area (Å²) < 4.78 is 5.38. The second kappa shape index (κ2) is 5.40. The van der Waals surface area contributed by atoms with E-state index in [1.807, 2.05) is 25.1 Å². The normalized spacial score (nSPS) is 11.6. The minimum absolute atomic E-state index is 0.638. The zero-order valence-corrected chi connectivity index (χ0v) is 8.62. The van der Waals surface area contributed by atoms with Crippen LogP contribution in [-0.2, 0) is 11.3 Å². The van der Waals surface area contributed by atoms with Gasteiger partial charge in [0.15, 0.2) is 0 Å². The van der Waals surface area contributed by atoms with Crippen LogP contribution in [0.2, 0.25) is 0 Å². The summed E-state index contributed by atoms with van der Waals surface area (Å²) in [5.41, 5.74) is 1.17. The lowest BCUT2D eigenvalue weighted by Crippen LogP contribution is -2.27. The van der Waals surface area contributed by atoms with Crippen LogP contribution in [0.4, 0.5) is 0 Å². The maximum absolute atomic E-state index is 5.38. The summed E-state index contributed by atoms with van der Waals surface area (Å²) in [4.78, 5) is 0. The number of rotatable bonds is 4. The van der Waals surface area contributed by atoms with Gasteiger partial charge in [0.25, 0.3) is 0 Å². The summed E-state index contributed by atoms with van der Waals surface area (Å²) in [6.07, 6.45) is 3.75. The van der Waals surface area contributed by atoms with Gasteiger partial charge in [0.2, 0.25) is 0 Å². The zero-order chi connectivity index (χ0) is 10.4. The van der Waals surface area contributed by atoms with Crippen molar-refractivity contribution >= 4 is 12.7 Å². The topological polar surface area (TPSA) is 9.23 Å². The molecule has 0 bridgehead atoms. The first-order chi connectivity index (χ1) is 6.79. The number of hydrogen-bond donors (Lipinski definition) is 0. The summed E-state index contributed by atoms with van der Waals surface area (Å²) in [5, 5.41) is 2.14. The minimum Gasteiger partial charge on any atom is -0.377 e. The van der Waals surface area contributed by atoms with Crippen molar-refractivity contribution in [1.82, 2.24) is 0 Å². The highest BCUT2D eigenvalue weighted by Gasteiger charge is 1.94. The second-order valence-corrected chi connectivity index (χ2v) is 3.03. The highest BCUT2D eigenvalue weighted by atomic mass is 16.5. The minimum atomic E-state index is 0.638.